The maximum Gasteiger partial charge on any atom is 0.325 e. The summed E-state index contributed by atoms with van der Waals surface area (Å²) in [7, 11) is 0. The first-order valence-electron chi connectivity index (χ1n) is 7.42. The van der Waals surface area contributed by atoms with Gasteiger partial charge in [0.25, 0.3) is 0 Å². The lowest BCUT2D eigenvalue weighted by Crippen LogP contribution is -2.30. The van der Waals surface area contributed by atoms with Gasteiger partial charge in [0.2, 0.25) is 0 Å². The standard InChI is InChI=1S/C15H20N2O5S/c1-23-17-15(18)16-5-10-2-11(19-6-13-8-21-13)4-12(3-10)20-7-14-9-22-14/h2-4,13-14H,5-9H2,1H3,(H2,16,17,18). The highest BCUT2D eigenvalue weighted by Gasteiger charge is 2.24. The molecule has 2 fully saturated rings. The number of nitrogens with one attached hydrogen (secondary N) is 2. The van der Waals surface area contributed by atoms with E-state index < -0.39 is 0 Å². The molecule has 8 heteroatoms. The van der Waals surface area contributed by atoms with E-state index in [2.05, 4.69) is 10.0 Å². The molecule has 1 aromatic carbocycles. The second kappa shape index (κ2) is 7.76. The van der Waals surface area contributed by atoms with Gasteiger partial charge in [-0.1, -0.05) is 11.9 Å². The Morgan fingerprint density at radius 1 is 1.17 bits per heavy atom. The topological polar surface area (TPSA) is 84.7 Å². The third kappa shape index (κ3) is 5.81. The van der Waals surface area contributed by atoms with Crippen molar-refractivity contribution in [1.29, 1.82) is 0 Å². The minimum Gasteiger partial charge on any atom is -0.491 e. The largest absolute Gasteiger partial charge is 0.491 e. The summed E-state index contributed by atoms with van der Waals surface area (Å²) in [6.45, 7) is 2.93. The molecular formula is C15H20N2O5S. The van der Waals surface area contributed by atoms with Gasteiger partial charge in [-0.15, -0.1) is 0 Å². The van der Waals surface area contributed by atoms with Gasteiger partial charge in [-0.3, -0.25) is 4.72 Å². The number of urea groups is 1. The molecule has 0 spiro atoms. The number of amides is 2. The van der Waals surface area contributed by atoms with E-state index in [0.717, 1.165) is 18.8 Å². The highest BCUT2D eigenvalue weighted by atomic mass is 32.2. The van der Waals surface area contributed by atoms with Crippen LogP contribution in [0.25, 0.3) is 0 Å². The van der Waals surface area contributed by atoms with Crippen molar-refractivity contribution in [3.05, 3.63) is 23.8 Å². The van der Waals surface area contributed by atoms with Gasteiger partial charge < -0.3 is 24.3 Å². The Kier molecular flexibility index (Phi) is 5.47. The number of carbonyl (C=O) groups is 1. The molecular weight excluding hydrogens is 320 g/mol. The third-order valence-corrected chi connectivity index (χ3v) is 3.65. The number of hydrogen-bond acceptors (Lipinski definition) is 6. The predicted octanol–water partition coefficient (Wildman–Crippen LogP) is 1.32. The summed E-state index contributed by atoms with van der Waals surface area (Å²) in [6, 6.07) is 5.39. The van der Waals surface area contributed by atoms with Gasteiger partial charge in [0, 0.05) is 18.9 Å². The van der Waals surface area contributed by atoms with Crippen LogP contribution in [-0.4, -0.2) is 50.9 Å². The lowest BCUT2D eigenvalue weighted by Gasteiger charge is -2.12. The number of benzene rings is 1. The molecule has 3 rings (SSSR count). The summed E-state index contributed by atoms with van der Waals surface area (Å²) in [4.78, 5) is 11.5. The maximum atomic E-state index is 11.5. The first-order chi connectivity index (χ1) is 11.2. The second-order valence-corrected chi connectivity index (χ2v) is 5.95. The SMILES string of the molecule is CSNC(=O)NCc1cc(OCC2CO2)cc(OCC2CO2)c1. The number of hydrogen-bond donors (Lipinski definition) is 2. The van der Waals surface area contributed by atoms with E-state index in [1.54, 1.807) is 6.26 Å². The van der Waals surface area contributed by atoms with Gasteiger partial charge in [0.05, 0.1) is 13.2 Å². The summed E-state index contributed by atoms with van der Waals surface area (Å²) >= 11 is 1.25. The van der Waals surface area contributed by atoms with Crippen LogP contribution >= 0.6 is 11.9 Å². The molecule has 2 N–H and O–H groups in total. The molecule has 0 bridgehead atoms. The normalized spacial score (nSPS) is 21.4. The molecule has 7 nitrogen and oxygen atoms in total. The van der Waals surface area contributed by atoms with Gasteiger partial charge >= 0.3 is 6.03 Å². The third-order valence-electron chi connectivity index (χ3n) is 3.26. The fraction of sp³-hybridized carbons (Fsp3) is 0.533. The van der Waals surface area contributed by atoms with Gasteiger partial charge in [-0.25, -0.2) is 4.79 Å². The average Bonchev–Trinajstić information content (AvgIpc) is 3.44. The quantitative estimate of drug-likeness (QED) is 0.521. The highest BCUT2D eigenvalue weighted by Crippen LogP contribution is 2.25. The summed E-state index contributed by atoms with van der Waals surface area (Å²) in [5, 5.41) is 2.78. The van der Waals surface area contributed by atoms with E-state index in [1.807, 2.05) is 18.2 Å². The second-order valence-electron chi connectivity index (χ2n) is 5.33. The van der Waals surface area contributed by atoms with Crippen LogP contribution in [0, 0.1) is 0 Å². The Hall–Kier alpha value is -1.64. The van der Waals surface area contributed by atoms with Crippen LogP contribution in [0.5, 0.6) is 11.5 Å². The molecule has 0 aliphatic carbocycles. The molecule has 2 unspecified atom stereocenters. The maximum absolute atomic E-state index is 11.5. The van der Waals surface area contributed by atoms with Crippen molar-refractivity contribution >= 4 is 18.0 Å². The Bertz CT molecular complexity index is 514. The zero-order valence-corrected chi connectivity index (χ0v) is 13.7. The van der Waals surface area contributed by atoms with Crippen molar-refractivity contribution in [2.75, 3.05) is 32.7 Å². The molecule has 0 aromatic heterocycles. The number of carbonyl (C=O) groups excluding carboxylic acids is 1. The van der Waals surface area contributed by atoms with Crippen molar-refractivity contribution in [3.8, 4) is 11.5 Å². The minimum absolute atomic E-state index is 0.188. The van der Waals surface area contributed by atoms with Gasteiger partial charge in [-0.2, -0.15) is 0 Å². The van der Waals surface area contributed by atoms with Crippen molar-refractivity contribution in [2.24, 2.45) is 0 Å². The fourth-order valence-corrected chi connectivity index (χ4v) is 2.17. The molecule has 2 aliphatic heterocycles. The van der Waals surface area contributed by atoms with Crippen LogP contribution in [0.4, 0.5) is 4.79 Å². The Morgan fingerprint density at radius 3 is 2.22 bits per heavy atom. The number of epoxide rings is 2. The van der Waals surface area contributed by atoms with Gasteiger partial charge in [-0.05, 0) is 17.7 Å². The van der Waals surface area contributed by atoms with E-state index in [1.165, 1.54) is 11.9 Å². The molecule has 126 valence electrons. The monoisotopic (exact) mass is 340 g/mol. The molecule has 2 saturated heterocycles. The van der Waals surface area contributed by atoms with Crippen LogP contribution in [0.2, 0.25) is 0 Å². The van der Waals surface area contributed by atoms with Crippen molar-refractivity contribution in [2.45, 2.75) is 18.8 Å². The van der Waals surface area contributed by atoms with Gasteiger partial charge in [0.15, 0.2) is 0 Å². The zero-order valence-electron chi connectivity index (χ0n) is 12.9. The number of ether oxygens (including phenoxy) is 4. The number of rotatable bonds is 9. The molecule has 2 atom stereocenters. The summed E-state index contributed by atoms with van der Waals surface area (Å²) in [5.74, 6) is 1.41. The Morgan fingerprint density at radius 2 is 1.74 bits per heavy atom. The van der Waals surface area contributed by atoms with Crippen LogP contribution < -0.4 is 19.5 Å². The first kappa shape index (κ1) is 16.2. The van der Waals surface area contributed by atoms with Crippen molar-refractivity contribution < 1.29 is 23.7 Å². The highest BCUT2D eigenvalue weighted by molar-refractivity contribution is 7.97. The van der Waals surface area contributed by atoms with Crippen molar-refractivity contribution in [1.82, 2.24) is 10.0 Å². The van der Waals surface area contributed by atoms with E-state index in [9.17, 15) is 4.79 Å². The lowest BCUT2D eigenvalue weighted by molar-refractivity contribution is 0.245. The summed E-state index contributed by atoms with van der Waals surface area (Å²) in [6.07, 6.45) is 2.17. The predicted molar refractivity (Wildman–Crippen MR) is 85.8 cm³/mol. The lowest BCUT2D eigenvalue weighted by atomic mass is 10.2. The van der Waals surface area contributed by atoms with Crippen LogP contribution in [0.1, 0.15) is 5.56 Å². The van der Waals surface area contributed by atoms with Gasteiger partial charge in [0.1, 0.15) is 36.9 Å². The van der Waals surface area contributed by atoms with E-state index >= 15 is 0 Å². The summed E-state index contributed by atoms with van der Waals surface area (Å²) in [5.41, 5.74) is 0.905. The molecule has 2 heterocycles. The van der Waals surface area contributed by atoms with Crippen LogP contribution in [-0.2, 0) is 16.0 Å². The van der Waals surface area contributed by atoms with Crippen LogP contribution in [0.15, 0.2) is 18.2 Å². The average molecular weight is 340 g/mol. The minimum atomic E-state index is -0.232. The molecule has 2 aliphatic rings. The molecule has 0 radical (unpaired) electrons. The molecule has 1 aromatic rings. The molecule has 23 heavy (non-hydrogen) atoms. The smallest absolute Gasteiger partial charge is 0.325 e. The Labute approximate surface area is 139 Å². The molecule has 2 amide bonds. The van der Waals surface area contributed by atoms with Crippen molar-refractivity contribution in [3.63, 3.8) is 0 Å². The van der Waals surface area contributed by atoms with E-state index in [-0.39, 0.29) is 18.2 Å². The molecule has 0 saturated carbocycles. The van der Waals surface area contributed by atoms with E-state index in [4.69, 9.17) is 18.9 Å². The zero-order chi connectivity index (χ0) is 16.1. The fourth-order valence-electron chi connectivity index (χ4n) is 1.92. The Balaban J connectivity index is 1.60. The van der Waals surface area contributed by atoms with E-state index in [0.29, 0.717) is 31.3 Å². The van der Waals surface area contributed by atoms with Crippen LogP contribution in [0.3, 0.4) is 0 Å². The summed E-state index contributed by atoms with van der Waals surface area (Å²) < 4.78 is 24.3. The first-order valence-corrected chi connectivity index (χ1v) is 8.65.